The molecule has 7 heteroatoms. The predicted octanol–water partition coefficient (Wildman–Crippen LogP) is 2.79. The molecule has 0 aromatic rings. The summed E-state index contributed by atoms with van der Waals surface area (Å²) in [6.07, 6.45) is 10.9. The maximum Gasteiger partial charge on any atom is 0.0701 e. The second kappa shape index (κ2) is 27.7. The molecule has 0 unspecified atom stereocenters. The van der Waals surface area contributed by atoms with E-state index in [1.54, 1.807) is 0 Å². The summed E-state index contributed by atoms with van der Waals surface area (Å²) in [5.41, 5.74) is 0. The van der Waals surface area contributed by atoms with E-state index in [9.17, 15) is 0 Å². The van der Waals surface area contributed by atoms with Gasteiger partial charge in [0.1, 0.15) is 0 Å². The third kappa shape index (κ3) is 27.7. The highest BCUT2D eigenvalue weighted by Crippen LogP contribution is 2.07. The Kier molecular flexibility index (Phi) is 27.5. The van der Waals surface area contributed by atoms with Crippen molar-refractivity contribution in [1.82, 2.24) is 5.32 Å². The van der Waals surface area contributed by atoms with Gasteiger partial charge in [0.25, 0.3) is 0 Å². The van der Waals surface area contributed by atoms with E-state index in [1.165, 1.54) is 51.4 Å². The van der Waals surface area contributed by atoms with Gasteiger partial charge in [0.05, 0.1) is 72.7 Å². The SMILES string of the molecule is CCCCCCCCCCNCCOCCOCCOCCOCCOCCO. The topological polar surface area (TPSA) is 78.4 Å². The highest BCUT2D eigenvalue weighted by Gasteiger charge is 1.94. The fourth-order valence-electron chi connectivity index (χ4n) is 2.70. The molecule has 0 bridgehead atoms. The first-order chi connectivity index (χ1) is 14.4. The number of rotatable bonds is 26. The van der Waals surface area contributed by atoms with E-state index in [0.29, 0.717) is 59.5 Å². The van der Waals surface area contributed by atoms with Crippen LogP contribution in [0.4, 0.5) is 0 Å². The van der Waals surface area contributed by atoms with Crippen LogP contribution in [-0.2, 0) is 23.7 Å². The first-order valence-electron chi connectivity index (χ1n) is 11.6. The summed E-state index contributed by atoms with van der Waals surface area (Å²) in [7, 11) is 0. The lowest BCUT2D eigenvalue weighted by molar-refractivity contribution is -0.0130. The summed E-state index contributed by atoms with van der Waals surface area (Å²) in [5, 5.41) is 12.0. The monoisotopic (exact) mass is 421 g/mol. The quantitative estimate of drug-likeness (QED) is 0.208. The van der Waals surface area contributed by atoms with Crippen LogP contribution in [0, 0.1) is 0 Å². The standard InChI is InChI=1S/C22H47NO6/c1-2-3-4-5-6-7-8-9-10-23-11-13-25-15-17-27-19-21-29-22-20-28-18-16-26-14-12-24/h23-24H,2-22H2,1H3. The highest BCUT2D eigenvalue weighted by atomic mass is 16.6. The van der Waals surface area contributed by atoms with Gasteiger partial charge in [-0.2, -0.15) is 0 Å². The van der Waals surface area contributed by atoms with E-state index < -0.39 is 0 Å². The minimum atomic E-state index is 0.0460. The third-order valence-corrected chi connectivity index (χ3v) is 4.35. The summed E-state index contributed by atoms with van der Waals surface area (Å²) in [6.45, 7) is 9.85. The molecule has 0 aliphatic rings. The van der Waals surface area contributed by atoms with Crippen molar-refractivity contribution in [2.75, 3.05) is 85.8 Å². The molecular formula is C22H47NO6. The Hall–Kier alpha value is -0.280. The Morgan fingerprint density at radius 3 is 1.38 bits per heavy atom. The van der Waals surface area contributed by atoms with Crippen molar-refractivity contribution in [2.24, 2.45) is 0 Å². The Morgan fingerprint density at radius 2 is 0.897 bits per heavy atom. The number of ether oxygens (including phenoxy) is 5. The average Bonchev–Trinajstić information content (AvgIpc) is 2.74. The van der Waals surface area contributed by atoms with Gasteiger partial charge in [-0.05, 0) is 13.0 Å². The van der Waals surface area contributed by atoms with Gasteiger partial charge in [0.2, 0.25) is 0 Å². The lowest BCUT2D eigenvalue weighted by Gasteiger charge is -2.08. The lowest BCUT2D eigenvalue weighted by atomic mass is 10.1. The van der Waals surface area contributed by atoms with E-state index in [4.69, 9.17) is 28.8 Å². The van der Waals surface area contributed by atoms with Crippen molar-refractivity contribution in [3.63, 3.8) is 0 Å². The van der Waals surface area contributed by atoms with Gasteiger partial charge in [0.15, 0.2) is 0 Å². The molecule has 0 aliphatic carbocycles. The molecule has 0 heterocycles. The van der Waals surface area contributed by atoms with E-state index in [-0.39, 0.29) is 6.61 Å². The lowest BCUT2D eigenvalue weighted by Crippen LogP contribution is -2.22. The zero-order valence-corrected chi connectivity index (χ0v) is 18.8. The van der Waals surface area contributed by atoms with Gasteiger partial charge in [-0.1, -0.05) is 51.9 Å². The Bertz CT molecular complexity index is 258. The van der Waals surface area contributed by atoms with Gasteiger partial charge in [-0.15, -0.1) is 0 Å². The van der Waals surface area contributed by atoms with Crippen LogP contribution in [0.3, 0.4) is 0 Å². The Labute approximate surface area is 178 Å². The van der Waals surface area contributed by atoms with E-state index in [1.807, 2.05) is 0 Å². The van der Waals surface area contributed by atoms with Crippen molar-refractivity contribution in [2.45, 2.75) is 58.3 Å². The van der Waals surface area contributed by atoms with Crippen molar-refractivity contribution >= 4 is 0 Å². The van der Waals surface area contributed by atoms with Gasteiger partial charge >= 0.3 is 0 Å². The van der Waals surface area contributed by atoms with E-state index in [0.717, 1.165) is 19.7 Å². The molecule has 0 atom stereocenters. The van der Waals surface area contributed by atoms with Gasteiger partial charge < -0.3 is 34.1 Å². The number of nitrogens with one attached hydrogen (secondary N) is 1. The fourth-order valence-corrected chi connectivity index (χ4v) is 2.70. The van der Waals surface area contributed by atoms with Crippen LogP contribution in [0.15, 0.2) is 0 Å². The van der Waals surface area contributed by atoms with Gasteiger partial charge in [-0.25, -0.2) is 0 Å². The molecule has 0 aliphatic heterocycles. The van der Waals surface area contributed by atoms with Crippen LogP contribution in [-0.4, -0.2) is 90.9 Å². The number of aliphatic hydroxyl groups is 1. The normalized spacial score (nSPS) is 11.4. The molecule has 0 amide bonds. The Morgan fingerprint density at radius 1 is 0.483 bits per heavy atom. The van der Waals surface area contributed by atoms with Crippen molar-refractivity contribution < 1.29 is 28.8 Å². The number of hydrogen-bond acceptors (Lipinski definition) is 7. The second-order valence-corrected chi connectivity index (χ2v) is 7.01. The summed E-state index contributed by atoms with van der Waals surface area (Å²) in [4.78, 5) is 0. The number of unbranched alkanes of at least 4 members (excludes halogenated alkanes) is 7. The molecule has 176 valence electrons. The molecule has 0 spiro atoms. The summed E-state index contributed by atoms with van der Waals surface area (Å²) in [5.74, 6) is 0. The largest absolute Gasteiger partial charge is 0.394 e. The number of hydrogen-bond donors (Lipinski definition) is 2. The maximum absolute atomic E-state index is 8.54. The summed E-state index contributed by atoms with van der Waals surface area (Å²) >= 11 is 0. The van der Waals surface area contributed by atoms with Crippen molar-refractivity contribution in [3.05, 3.63) is 0 Å². The van der Waals surface area contributed by atoms with E-state index in [2.05, 4.69) is 12.2 Å². The van der Waals surface area contributed by atoms with E-state index >= 15 is 0 Å². The van der Waals surface area contributed by atoms with Gasteiger partial charge in [-0.3, -0.25) is 0 Å². The molecule has 0 radical (unpaired) electrons. The van der Waals surface area contributed by atoms with Crippen LogP contribution in [0.2, 0.25) is 0 Å². The van der Waals surface area contributed by atoms with Crippen LogP contribution in [0.5, 0.6) is 0 Å². The smallest absolute Gasteiger partial charge is 0.0701 e. The number of aliphatic hydroxyl groups excluding tert-OH is 1. The molecular weight excluding hydrogens is 374 g/mol. The van der Waals surface area contributed by atoms with Crippen molar-refractivity contribution in [3.8, 4) is 0 Å². The molecule has 0 saturated heterocycles. The minimum absolute atomic E-state index is 0.0460. The van der Waals surface area contributed by atoms with Crippen LogP contribution in [0.1, 0.15) is 58.3 Å². The predicted molar refractivity (Wildman–Crippen MR) is 117 cm³/mol. The second-order valence-electron chi connectivity index (χ2n) is 7.01. The highest BCUT2D eigenvalue weighted by molar-refractivity contribution is 4.50. The summed E-state index contributed by atoms with van der Waals surface area (Å²) in [6, 6.07) is 0. The minimum Gasteiger partial charge on any atom is -0.394 e. The first kappa shape index (κ1) is 28.7. The molecule has 2 N–H and O–H groups in total. The molecule has 0 aromatic carbocycles. The Balaban J connectivity index is 2.97. The van der Waals surface area contributed by atoms with Crippen molar-refractivity contribution in [1.29, 1.82) is 0 Å². The van der Waals surface area contributed by atoms with Crippen LogP contribution < -0.4 is 5.32 Å². The van der Waals surface area contributed by atoms with Crippen LogP contribution in [0.25, 0.3) is 0 Å². The average molecular weight is 422 g/mol. The molecule has 0 saturated carbocycles. The molecule has 0 rings (SSSR count). The zero-order chi connectivity index (χ0) is 21.1. The summed E-state index contributed by atoms with van der Waals surface area (Å²) < 4.78 is 26.8. The van der Waals surface area contributed by atoms with Gasteiger partial charge in [0, 0.05) is 6.54 Å². The third-order valence-electron chi connectivity index (χ3n) is 4.35. The zero-order valence-electron chi connectivity index (χ0n) is 18.8. The molecule has 0 aromatic heterocycles. The molecule has 7 nitrogen and oxygen atoms in total. The maximum atomic E-state index is 8.54. The molecule has 29 heavy (non-hydrogen) atoms. The first-order valence-corrected chi connectivity index (χ1v) is 11.6. The van der Waals surface area contributed by atoms with Crippen LogP contribution >= 0.6 is 0 Å². The fraction of sp³-hybridized carbons (Fsp3) is 1.00. The molecule has 0 fully saturated rings.